The highest BCUT2D eigenvalue weighted by atomic mass is 16.3. The number of allylic oxidation sites excluding steroid dienone is 1. The minimum absolute atomic E-state index is 0.0890. The molecule has 0 saturated carbocycles. The first-order chi connectivity index (χ1) is 12.0. The van der Waals surface area contributed by atoms with Crippen molar-refractivity contribution in [3.63, 3.8) is 0 Å². The molecule has 3 unspecified atom stereocenters. The Morgan fingerprint density at radius 3 is 2.12 bits per heavy atom. The fourth-order valence-corrected chi connectivity index (χ4v) is 3.34. The van der Waals surface area contributed by atoms with Crippen LogP contribution in [0.2, 0.25) is 0 Å². The Balaban J connectivity index is 3.31. The molecule has 0 fully saturated rings. The van der Waals surface area contributed by atoms with E-state index in [2.05, 4.69) is 0 Å². The molecule has 0 aromatic rings. The second-order valence-corrected chi connectivity index (χ2v) is 8.46. The summed E-state index contributed by atoms with van der Waals surface area (Å²) in [5, 5.41) is 30.4. The second-order valence-electron chi connectivity index (χ2n) is 8.46. The molecule has 0 bridgehead atoms. The Hall–Kier alpha value is -1.49. The number of nitrogens with one attached hydrogen (secondary N) is 1. The maximum atomic E-state index is 12.8. The Morgan fingerprint density at radius 1 is 1.12 bits per heavy atom. The molecule has 0 aromatic heterocycles. The van der Waals surface area contributed by atoms with E-state index >= 15 is 0 Å². The molecule has 5 nitrogen and oxygen atoms in total. The highest BCUT2D eigenvalue weighted by Gasteiger charge is 2.57. The van der Waals surface area contributed by atoms with Crippen molar-refractivity contribution in [3.8, 4) is 0 Å². The van der Waals surface area contributed by atoms with Gasteiger partial charge in [-0.25, -0.2) is 0 Å². The smallest absolute Gasteiger partial charge is 0.188 e. The summed E-state index contributed by atoms with van der Waals surface area (Å²) < 4.78 is 0. The fourth-order valence-electron chi connectivity index (χ4n) is 3.34. The van der Waals surface area contributed by atoms with Crippen LogP contribution in [0, 0.1) is 29.1 Å². The zero-order valence-electron chi connectivity index (χ0n) is 17.1. The number of aliphatic hydroxyl groups is 2. The van der Waals surface area contributed by atoms with E-state index < -0.39 is 23.1 Å². The van der Waals surface area contributed by atoms with Crippen molar-refractivity contribution in [2.24, 2.45) is 23.7 Å². The number of carbonyl (C=O) groups excluding carboxylic acids is 2. The first kappa shape index (κ1) is 22.6. The number of aliphatic hydroxyl groups excluding tert-OH is 1. The summed E-state index contributed by atoms with van der Waals surface area (Å²) in [4.78, 5) is 25.5. The Kier molecular flexibility index (Phi) is 7.75. The van der Waals surface area contributed by atoms with Gasteiger partial charge in [-0.1, -0.05) is 48.0 Å². The molecule has 1 aliphatic rings. The lowest BCUT2D eigenvalue weighted by Crippen LogP contribution is -2.46. The lowest BCUT2D eigenvalue weighted by Gasteiger charge is -2.29. The number of ketones is 2. The van der Waals surface area contributed by atoms with Gasteiger partial charge in [0.2, 0.25) is 0 Å². The largest absolute Gasteiger partial charge is 0.508 e. The van der Waals surface area contributed by atoms with Gasteiger partial charge in [-0.2, -0.15) is 0 Å². The summed E-state index contributed by atoms with van der Waals surface area (Å²) in [5.74, 6) is -2.07. The molecule has 0 radical (unpaired) electrons. The van der Waals surface area contributed by atoms with Gasteiger partial charge in [0.05, 0.1) is 11.3 Å². The molecule has 26 heavy (non-hydrogen) atoms. The van der Waals surface area contributed by atoms with E-state index in [-0.39, 0.29) is 35.3 Å². The molecule has 5 heteroatoms. The van der Waals surface area contributed by atoms with Gasteiger partial charge in [-0.15, -0.1) is 0 Å². The minimum Gasteiger partial charge on any atom is -0.508 e. The summed E-state index contributed by atoms with van der Waals surface area (Å²) in [6.07, 6.45) is 2.37. The topological polar surface area (TPSA) is 98.4 Å². The molecule has 0 heterocycles. The number of rotatable bonds is 10. The van der Waals surface area contributed by atoms with Gasteiger partial charge in [-0.05, 0) is 31.1 Å². The molecule has 0 aliphatic heterocycles. The van der Waals surface area contributed by atoms with Crippen molar-refractivity contribution in [2.45, 2.75) is 79.2 Å². The van der Waals surface area contributed by atoms with Crippen LogP contribution in [0.15, 0.2) is 11.3 Å². The molecule has 1 rings (SSSR count). The van der Waals surface area contributed by atoms with Crippen molar-refractivity contribution in [3.05, 3.63) is 11.3 Å². The molecule has 148 valence electrons. The minimum atomic E-state index is -2.14. The van der Waals surface area contributed by atoms with Gasteiger partial charge in [0.1, 0.15) is 5.76 Å². The maximum Gasteiger partial charge on any atom is 0.188 e. The second kappa shape index (κ2) is 8.94. The van der Waals surface area contributed by atoms with Gasteiger partial charge < -0.3 is 15.6 Å². The lowest BCUT2D eigenvalue weighted by molar-refractivity contribution is -0.139. The molecule has 3 N–H and O–H groups in total. The van der Waals surface area contributed by atoms with Gasteiger partial charge >= 0.3 is 0 Å². The van der Waals surface area contributed by atoms with E-state index in [0.29, 0.717) is 31.6 Å². The maximum absolute atomic E-state index is 12.8. The van der Waals surface area contributed by atoms with Crippen molar-refractivity contribution in [2.75, 3.05) is 0 Å². The van der Waals surface area contributed by atoms with Gasteiger partial charge in [-0.3, -0.25) is 9.59 Å². The SMILES string of the molecule is CCC(C)C(=O)C1=C(O)C(O)(C(=O)CCC(C)C)C(CCC(C)C)C1=N. The van der Waals surface area contributed by atoms with Gasteiger partial charge in [0, 0.05) is 18.3 Å². The van der Waals surface area contributed by atoms with Crippen LogP contribution in [0.25, 0.3) is 0 Å². The molecule has 0 aromatic carbocycles. The predicted octanol–water partition coefficient (Wildman–Crippen LogP) is 4.24. The molecule has 0 spiro atoms. The third kappa shape index (κ3) is 4.43. The molecule has 0 saturated heterocycles. The standard InChI is InChI=1S/C21H35NO4/c1-7-14(6)19(24)17-18(22)15(10-8-12(2)3)21(26,20(17)25)16(23)11-9-13(4)5/h12-15,22,25-26H,7-11H2,1-6H3. The van der Waals surface area contributed by atoms with E-state index in [9.17, 15) is 19.8 Å². The normalized spacial score (nSPS) is 24.7. The number of hydrogen-bond donors (Lipinski definition) is 3. The molecule has 0 amide bonds. The molecular weight excluding hydrogens is 330 g/mol. The third-order valence-electron chi connectivity index (χ3n) is 5.43. The van der Waals surface area contributed by atoms with Crippen LogP contribution in [0.3, 0.4) is 0 Å². The summed E-state index contributed by atoms with van der Waals surface area (Å²) in [5.41, 5.74) is -2.37. The van der Waals surface area contributed by atoms with Gasteiger partial charge in [0.15, 0.2) is 17.2 Å². The van der Waals surface area contributed by atoms with E-state index in [1.165, 1.54) is 0 Å². The van der Waals surface area contributed by atoms with Crippen LogP contribution >= 0.6 is 0 Å². The van der Waals surface area contributed by atoms with Crippen LogP contribution in [0.1, 0.15) is 73.6 Å². The Bertz CT molecular complexity index is 591. The summed E-state index contributed by atoms with van der Waals surface area (Å²) in [7, 11) is 0. The zero-order valence-corrected chi connectivity index (χ0v) is 17.1. The van der Waals surface area contributed by atoms with Crippen LogP contribution in [0.4, 0.5) is 0 Å². The van der Waals surface area contributed by atoms with Crippen LogP contribution in [0.5, 0.6) is 0 Å². The van der Waals surface area contributed by atoms with E-state index in [4.69, 9.17) is 5.41 Å². The van der Waals surface area contributed by atoms with Crippen LogP contribution in [-0.4, -0.2) is 33.1 Å². The Labute approximate surface area is 157 Å². The van der Waals surface area contributed by atoms with E-state index in [1.807, 2.05) is 34.6 Å². The number of Topliss-reactive ketones (excluding diaryl/α,β-unsaturated/α-hetero) is 2. The highest BCUT2D eigenvalue weighted by molar-refractivity contribution is 6.27. The quantitative estimate of drug-likeness (QED) is 0.539. The fraction of sp³-hybridized carbons (Fsp3) is 0.762. The highest BCUT2D eigenvalue weighted by Crippen LogP contribution is 2.43. The molecule has 1 aliphatic carbocycles. The van der Waals surface area contributed by atoms with Crippen LogP contribution < -0.4 is 0 Å². The number of carbonyl (C=O) groups is 2. The monoisotopic (exact) mass is 365 g/mol. The summed E-state index contributed by atoms with van der Waals surface area (Å²) in [6.45, 7) is 11.6. The van der Waals surface area contributed by atoms with Crippen molar-refractivity contribution in [1.29, 1.82) is 5.41 Å². The van der Waals surface area contributed by atoms with E-state index in [0.717, 1.165) is 0 Å². The Morgan fingerprint density at radius 2 is 1.65 bits per heavy atom. The summed E-state index contributed by atoms with van der Waals surface area (Å²) >= 11 is 0. The van der Waals surface area contributed by atoms with Crippen molar-refractivity contribution >= 4 is 17.3 Å². The predicted molar refractivity (Wildman–Crippen MR) is 103 cm³/mol. The summed E-state index contributed by atoms with van der Waals surface area (Å²) in [6, 6.07) is 0. The van der Waals surface area contributed by atoms with Crippen molar-refractivity contribution < 1.29 is 19.8 Å². The first-order valence-corrected chi connectivity index (χ1v) is 9.80. The average Bonchev–Trinajstić information content (AvgIpc) is 2.76. The van der Waals surface area contributed by atoms with Gasteiger partial charge in [0.25, 0.3) is 0 Å². The molecule has 3 atom stereocenters. The third-order valence-corrected chi connectivity index (χ3v) is 5.43. The van der Waals surface area contributed by atoms with Crippen molar-refractivity contribution in [1.82, 2.24) is 0 Å². The number of hydrogen-bond acceptors (Lipinski definition) is 5. The van der Waals surface area contributed by atoms with E-state index in [1.54, 1.807) is 6.92 Å². The average molecular weight is 366 g/mol. The lowest BCUT2D eigenvalue weighted by atomic mass is 9.79. The van der Waals surface area contributed by atoms with Crippen LogP contribution in [-0.2, 0) is 9.59 Å². The zero-order chi connectivity index (χ0) is 20.2. The molecular formula is C21H35NO4. The first-order valence-electron chi connectivity index (χ1n) is 9.80.